The SMILES string of the molecule is N#Cc1cc(-c2ccc(C(=O)O)c(O)c2)c2onc(C(F)(F)F)c2c1. The van der Waals surface area contributed by atoms with Gasteiger partial charge in [-0.15, -0.1) is 0 Å². The smallest absolute Gasteiger partial charge is 0.437 e. The molecule has 0 fully saturated rings. The summed E-state index contributed by atoms with van der Waals surface area (Å²) in [4.78, 5) is 10.9. The molecule has 1 heterocycles. The first-order chi connectivity index (χ1) is 11.7. The zero-order valence-corrected chi connectivity index (χ0v) is 12.1. The highest BCUT2D eigenvalue weighted by molar-refractivity contribution is 5.97. The summed E-state index contributed by atoms with van der Waals surface area (Å²) in [6.45, 7) is 0. The Morgan fingerprint density at radius 2 is 1.96 bits per heavy atom. The van der Waals surface area contributed by atoms with Gasteiger partial charge >= 0.3 is 12.1 Å². The van der Waals surface area contributed by atoms with Crippen molar-refractivity contribution in [2.24, 2.45) is 0 Å². The molecular formula is C16H7F3N2O4. The Morgan fingerprint density at radius 1 is 1.24 bits per heavy atom. The number of hydrogen-bond acceptors (Lipinski definition) is 5. The Bertz CT molecular complexity index is 1050. The van der Waals surface area contributed by atoms with Crippen molar-refractivity contribution in [3.05, 3.63) is 47.2 Å². The van der Waals surface area contributed by atoms with E-state index in [1.807, 2.05) is 0 Å². The number of phenols is 1. The van der Waals surface area contributed by atoms with E-state index in [1.54, 1.807) is 6.07 Å². The summed E-state index contributed by atoms with van der Waals surface area (Å²) in [6.07, 6.45) is -4.77. The molecule has 0 unspecified atom stereocenters. The molecule has 2 N–H and O–H groups in total. The predicted octanol–water partition coefficient (Wildman–Crippen LogP) is 3.79. The second-order valence-corrected chi connectivity index (χ2v) is 5.08. The number of fused-ring (bicyclic) bond motifs is 1. The van der Waals surface area contributed by atoms with Crippen LogP contribution in [0.1, 0.15) is 21.6 Å². The van der Waals surface area contributed by atoms with Gasteiger partial charge in [-0.2, -0.15) is 18.4 Å². The molecule has 2 aromatic carbocycles. The lowest BCUT2D eigenvalue weighted by atomic mass is 9.98. The van der Waals surface area contributed by atoms with E-state index in [2.05, 4.69) is 5.16 Å². The largest absolute Gasteiger partial charge is 0.507 e. The van der Waals surface area contributed by atoms with Crippen LogP contribution in [0, 0.1) is 11.3 Å². The molecule has 0 saturated carbocycles. The molecule has 0 aliphatic carbocycles. The van der Waals surface area contributed by atoms with E-state index in [-0.39, 0.29) is 27.8 Å². The van der Waals surface area contributed by atoms with Crippen molar-refractivity contribution in [3.63, 3.8) is 0 Å². The van der Waals surface area contributed by atoms with E-state index < -0.39 is 29.0 Å². The first-order valence-electron chi connectivity index (χ1n) is 6.69. The van der Waals surface area contributed by atoms with Gasteiger partial charge in [-0.1, -0.05) is 11.2 Å². The number of benzene rings is 2. The van der Waals surface area contributed by atoms with Gasteiger partial charge in [-0.05, 0) is 29.8 Å². The zero-order valence-electron chi connectivity index (χ0n) is 12.1. The van der Waals surface area contributed by atoms with Gasteiger partial charge in [0.05, 0.1) is 17.0 Å². The summed E-state index contributed by atoms with van der Waals surface area (Å²) >= 11 is 0. The lowest BCUT2D eigenvalue weighted by Gasteiger charge is -2.07. The average Bonchev–Trinajstić information content (AvgIpc) is 2.97. The van der Waals surface area contributed by atoms with E-state index in [0.717, 1.165) is 18.2 Å². The molecule has 0 atom stereocenters. The third-order valence-corrected chi connectivity index (χ3v) is 3.51. The molecule has 3 rings (SSSR count). The third-order valence-electron chi connectivity index (χ3n) is 3.51. The Hall–Kier alpha value is -3.54. The van der Waals surface area contributed by atoms with Gasteiger partial charge in [0.2, 0.25) is 0 Å². The van der Waals surface area contributed by atoms with Crippen molar-refractivity contribution in [2.45, 2.75) is 6.18 Å². The van der Waals surface area contributed by atoms with Crippen LogP contribution in [0.15, 0.2) is 34.9 Å². The number of nitrogens with zero attached hydrogens (tertiary/aromatic N) is 2. The fourth-order valence-electron chi connectivity index (χ4n) is 2.41. The quantitative estimate of drug-likeness (QED) is 0.729. The van der Waals surface area contributed by atoms with E-state index in [0.29, 0.717) is 0 Å². The Labute approximate surface area is 137 Å². The number of rotatable bonds is 2. The second kappa shape index (κ2) is 5.52. The molecule has 3 aromatic rings. The van der Waals surface area contributed by atoms with Crippen LogP contribution in [0.2, 0.25) is 0 Å². The van der Waals surface area contributed by atoms with Crippen LogP contribution >= 0.6 is 0 Å². The molecule has 9 heteroatoms. The topological polar surface area (TPSA) is 107 Å². The minimum absolute atomic E-state index is 0.0713. The van der Waals surface area contributed by atoms with Gasteiger partial charge in [0.15, 0.2) is 11.3 Å². The molecule has 0 saturated heterocycles. The molecule has 25 heavy (non-hydrogen) atoms. The number of aromatic hydroxyl groups is 1. The zero-order chi connectivity index (χ0) is 18.4. The van der Waals surface area contributed by atoms with Crippen LogP contribution in [-0.2, 0) is 6.18 Å². The van der Waals surface area contributed by atoms with E-state index >= 15 is 0 Å². The average molecular weight is 348 g/mol. The summed E-state index contributed by atoms with van der Waals surface area (Å²) < 4.78 is 43.8. The Kier molecular flexibility index (Phi) is 3.60. The van der Waals surface area contributed by atoms with Crippen molar-refractivity contribution in [1.29, 1.82) is 5.26 Å². The molecule has 0 radical (unpaired) electrons. The van der Waals surface area contributed by atoms with Gasteiger partial charge in [0.1, 0.15) is 11.3 Å². The normalized spacial score (nSPS) is 11.4. The Balaban J connectivity index is 2.30. The molecular weight excluding hydrogens is 341 g/mol. The molecule has 0 spiro atoms. The van der Waals surface area contributed by atoms with Crippen molar-refractivity contribution in [1.82, 2.24) is 5.16 Å². The maximum Gasteiger partial charge on any atom is 0.437 e. The fourth-order valence-corrected chi connectivity index (χ4v) is 2.41. The molecule has 0 bridgehead atoms. The number of carboxylic acid groups (broad SMARTS) is 1. The van der Waals surface area contributed by atoms with Crippen molar-refractivity contribution in [2.75, 3.05) is 0 Å². The predicted molar refractivity (Wildman–Crippen MR) is 77.8 cm³/mol. The highest BCUT2D eigenvalue weighted by Gasteiger charge is 2.37. The molecule has 0 amide bonds. The van der Waals surface area contributed by atoms with Crippen molar-refractivity contribution >= 4 is 16.9 Å². The Morgan fingerprint density at radius 3 is 2.52 bits per heavy atom. The van der Waals surface area contributed by atoms with E-state index in [1.165, 1.54) is 12.1 Å². The van der Waals surface area contributed by atoms with Crippen LogP contribution in [0.4, 0.5) is 13.2 Å². The van der Waals surface area contributed by atoms with Gasteiger partial charge in [0.25, 0.3) is 0 Å². The summed E-state index contributed by atoms with van der Waals surface area (Å²) in [5.41, 5.74) is -1.69. The first kappa shape index (κ1) is 16.3. The van der Waals surface area contributed by atoms with Crippen LogP contribution in [0.5, 0.6) is 5.75 Å². The first-order valence-corrected chi connectivity index (χ1v) is 6.69. The van der Waals surface area contributed by atoms with Crippen LogP contribution in [-0.4, -0.2) is 21.3 Å². The summed E-state index contributed by atoms with van der Waals surface area (Å²) in [5.74, 6) is -1.94. The molecule has 126 valence electrons. The number of halogens is 3. The molecule has 6 nitrogen and oxygen atoms in total. The van der Waals surface area contributed by atoms with E-state index in [4.69, 9.17) is 14.9 Å². The van der Waals surface area contributed by atoms with Gasteiger partial charge < -0.3 is 14.7 Å². The lowest BCUT2D eigenvalue weighted by molar-refractivity contribution is -0.141. The summed E-state index contributed by atoms with van der Waals surface area (Å²) in [5, 5.41) is 30.4. The second-order valence-electron chi connectivity index (χ2n) is 5.08. The van der Waals surface area contributed by atoms with Crippen molar-refractivity contribution in [3.8, 4) is 22.9 Å². The number of hydrogen-bond donors (Lipinski definition) is 2. The number of aromatic carboxylic acids is 1. The number of nitriles is 1. The minimum Gasteiger partial charge on any atom is -0.507 e. The van der Waals surface area contributed by atoms with Gasteiger partial charge in [-0.3, -0.25) is 0 Å². The summed E-state index contributed by atoms with van der Waals surface area (Å²) in [7, 11) is 0. The molecule has 0 aliphatic rings. The molecule has 0 aliphatic heterocycles. The highest BCUT2D eigenvalue weighted by Crippen LogP contribution is 2.39. The van der Waals surface area contributed by atoms with Gasteiger partial charge in [-0.25, -0.2) is 4.79 Å². The van der Waals surface area contributed by atoms with Crippen LogP contribution in [0.25, 0.3) is 22.1 Å². The fraction of sp³-hybridized carbons (Fsp3) is 0.0625. The maximum absolute atomic E-state index is 13.0. The third kappa shape index (κ3) is 2.74. The number of carbonyl (C=O) groups is 1. The van der Waals surface area contributed by atoms with E-state index in [9.17, 15) is 23.1 Å². The number of carboxylic acids is 1. The summed E-state index contributed by atoms with van der Waals surface area (Å²) in [6, 6.07) is 7.47. The van der Waals surface area contributed by atoms with Crippen LogP contribution < -0.4 is 0 Å². The standard InChI is InChI=1S/C16H7F3N2O4/c17-16(18,19)14-11-4-7(6-20)3-10(13(11)25-21-14)8-1-2-9(15(23)24)12(22)5-8/h1-5,22H,(H,23,24). The van der Waals surface area contributed by atoms with Crippen molar-refractivity contribution < 1.29 is 32.7 Å². The maximum atomic E-state index is 13.0. The monoisotopic (exact) mass is 348 g/mol. The van der Waals surface area contributed by atoms with Gasteiger partial charge in [0, 0.05) is 5.56 Å². The highest BCUT2D eigenvalue weighted by atomic mass is 19.4. The lowest BCUT2D eigenvalue weighted by Crippen LogP contribution is -2.05. The molecule has 1 aromatic heterocycles. The minimum atomic E-state index is -4.77. The number of aromatic nitrogens is 1. The number of alkyl halides is 3. The van der Waals surface area contributed by atoms with Crippen LogP contribution in [0.3, 0.4) is 0 Å².